The van der Waals surface area contributed by atoms with Gasteiger partial charge in [0.25, 0.3) is 0 Å². The number of rotatable bonds is 0. The molecule has 0 aliphatic heterocycles. The van der Waals surface area contributed by atoms with Crippen molar-refractivity contribution in [3.05, 3.63) is 30.4 Å². The van der Waals surface area contributed by atoms with E-state index in [0.717, 1.165) is 16.7 Å². The summed E-state index contributed by atoms with van der Waals surface area (Å²) in [6.45, 7) is 5.89. The minimum absolute atomic E-state index is 0.722. The van der Waals surface area contributed by atoms with Gasteiger partial charge in [0.1, 0.15) is 17.4 Å². The molecule has 0 bridgehead atoms. The molecule has 0 atom stereocenters. The number of aromatic nitrogens is 3. The summed E-state index contributed by atoms with van der Waals surface area (Å²) in [7, 11) is 0. The van der Waals surface area contributed by atoms with E-state index in [2.05, 4.69) is 27.1 Å². The average Bonchev–Trinajstić information content (AvgIpc) is 2.22. The van der Waals surface area contributed by atoms with Crippen molar-refractivity contribution in [3.63, 3.8) is 0 Å². The maximum absolute atomic E-state index is 4.07. The largest absolute Gasteiger partial charge is 0.243 e. The van der Waals surface area contributed by atoms with Crippen molar-refractivity contribution in [2.24, 2.45) is 0 Å². The van der Waals surface area contributed by atoms with E-state index in [4.69, 9.17) is 0 Å². The van der Waals surface area contributed by atoms with Gasteiger partial charge in [-0.05, 0) is 19.1 Å². The van der Waals surface area contributed by atoms with Gasteiger partial charge >= 0.3 is 0 Å². The van der Waals surface area contributed by atoms with E-state index < -0.39 is 0 Å². The summed E-state index contributed by atoms with van der Waals surface area (Å²) in [6.07, 6.45) is 3.07. The maximum Gasteiger partial charge on any atom is 0.142 e. The van der Waals surface area contributed by atoms with Crippen molar-refractivity contribution < 1.29 is 0 Å². The highest BCUT2D eigenvalue weighted by Crippen LogP contribution is 2.05. The molecule has 0 saturated carbocycles. The smallest absolute Gasteiger partial charge is 0.142 e. The Morgan fingerprint density at radius 3 is 2.62 bits per heavy atom. The highest BCUT2D eigenvalue weighted by molar-refractivity contribution is 5.73. The first-order chi connectivity index (χ1) is 6.38. The second-order valence-electron chi connectivity index (χ2n) is 2.18. The lowest BCUT2D eigenvalue weighted by atomic mass is 10.3. The summed E-state index contributed by atoms with van der Waals surface area (Å²) >= 11 is 0. The second kappa shape index (κ2) is 4.36. The number of hydrogen-bond donors (Lipinski definition) is 0. The van der Waals surface area contributed by atoms with Gasteiger partial charge in [0.2, 0.25) is 0 Å². The maximum atomic E-state index is 4.07. The lowest BCUT2D eigenvalue weighted by Crippen LogP contribution is -1.87. The summed E-state index contributed by atoms with van der Waals surface area (Å²) < 4.78 is 0. The fourth-order valence-electron chi connectivity index (χ4n) is 0.910. The molecule has 0 N–H and O–H groups in total. The SMILES string of the molecule is CC.Cc1ncnc2c#ccnc12. The highest BCUT2D eigenvalue weighted by atomic mass is 14.9. The summed E-state index contributed by atoms with van der Waals surface area (Å²) in [4.78, 5) is 12.1. The number of aryl methyl sites for hydroxylation is 1. The molecule has 66 valence electrons. The van der Waals surface area contributed by atoms with E-state index in [1.807, 2.05) is 20.8 Å². The van der Waals surface area contributed by atoms with Crippen LogP contribution in [0.1, 0.15) is 19.5 Å². The van der Waals surface area contributed by atoms with Crippen LogP contribution in [0.15, 0.2) is 12.5 Å². The monoisotopic (exact) mass is 173 g/mol. The minimum Gasteiger partial charge on any atom is -0.243 e. The molecular formula is C10H11N3. The van der Waals surface area contributed by atoms with Crippen LogP contribution in [0.5, 0.6) is 0 Å². The molecule has 2 aromatic rings. The molecule has 0 spiro atoms. The Morgan fingerprint density at radius 1 is 1.15 bits per heavy atom. The Bertz CT molecular complexity index is 379. The molecule has 0 radical (unpaired) electrons. The molecule has 0 aliphatic rings. The van der Waals surface area contributed by atoms with E-state index in [1.165, 1.54) is 6.33 Å². The van der Waals surface area contributed by atoms with Crippen molar-refractivity contribution >= 4 is 11.0 Å². The summed E-state index contributed by atoms with van der Waals surface area (Å²) in [5.41, 5.74) is 2.39. The topological polar surface area (TPSA) is 38.7 Å². The predicted molar refractivity (Wildman–Crippen MR) is 51.1 cm³/mol. The van der Waals surface area contributed by atoms with E-state index in [1.54, 1.807) is 6.20 Å². The molecule has 0 saturated heterocycles. The van der Waals surface area contributed by atoms with Crippen molar-refractivity contribution in [3.8, 4) is 0 Å². The van der Waals surface area contributed by atoms with Crippen LogP contribution in [0.4, 0.5) is 0 Å². The molecule has 2 aromatic heterocycles. The van der Waals surface area contributed by atoms with E-state index in [9.17, 15) is 0 Å². The Labute approximate surface area is 77.9 Å². The minimum atomic E-state index is 0.722. The Balaban J connectivity index is 0.000000396. The molecule has 0 aliphatic carbocycles. The van der Waals surface area contributed by atoms with Gasteiger partial charge < -0.3 is 0 Å². The molecule has 13 heavy (non-hydrogen) atoms. The van der Waals surface area contributed by atoms with Gasteiger partial charge in [-0.2, -0.15) is 0 Å². The lowest BCUT2D eigenvalue weighted by Gasteiger charge is -1.92. The fourth-order valence-corrected chi connectivity index (χ4v) is 0.910. The number of hydrogen-bond acceptors (Lipinski definition) is 3. The molecule has 2 heterocycles. The lowest BCUT2D eigenvalue weighted by molar-refractivity contribution is 1.13. The van der Waals surface area contributed by atoms with E-state index >= 15 is 0 Å². The van der Waals surface area contributed by atoms with Crippen LogP contribution in [-0.4, -0.2) is 15.0 Å². The predicted octanol–water partition coefficient (Wildman–Crippen LogP) is 1.96. The van der Waals surface area contributed by atoms with Crippen LogP contribution in [-0.2, 0) is 0 Å². The third-order valence-corrected chi connectivity index (χ3v) is 1.45. The fraction of sp³-hybridized carbons (Fsp3) is 0.300. The summed E-state index contributed by atoms with van der Waals surface area (Å²) in [5.74, 6) is 0. The van der Waals surface area contributed by atoms with Gasteiger partial charge in [-0.1, -0.05) is 13.8 Å². The van der Waals surface area contributed by atoms with Crippen LogP contribution in [0.3, 0.4) is 0 Å². The van der Waals surface area contributed by atoms with Crippen molar-refractivity contribution in [1.29, 1.82) is 0 Å². The summed E-state index contributed by atoms with van der Waals surface area (Å²) in [6, 6.07) is 5.59. The van der Waals surface area contributed by atoms with Gasteiger partial charge in [-0.25, -0.2) is 15.0 Å². The molecule has 0 unspecified atom stereocenters. The molecule has 0 fully saturated rings. The zero-order valence-electron chi connectivity index (χ0n) is 8.00. The average molecular weight is 173 g/mol. The van der Waals surface area contributed by atoms with Crippen LogP contribution >= 0.6 is 0 Å². The standard InChI is InChI=1S/C8H5N3.C2H6/c1-6-8-7(11-5-10-6)3-2-4-9-8;1-2/h4-5H,1H3;1-2H3. The van der Waals surface area contributed by atoms with Crippen LogP contribution < -0.4 is 0 Å². The number of fused-ring (bicyclic) bond motifs is 1. The molecular weight excluding hydrogens is 162 g/mol. The quantitative estimate of drug-likeness (QED) is 0.611. The first kappa shape index (κ1) is 9.40. The normalized spacial score (nSPS) is 8.54. The van der Waals surface area contributed by atoms with E-state index in [-0.39, 0.29) is 0 Å². The molecule has 0 aromatic carbocycles. The first-order valence-corrected chi connectivity index (χ1v) is 4.23. The second-order valence-corrected chi connectivity index (χ2v) is 2.18. The zero-order valence-corrected chi connectivity index (χ0v) is 8.00. The molecule has 0 amide bonds. The van der Waals surface area contributed by atoms with Gasteiger partial charge in [-0.15, -0.1) is 0 Å². The molecule has 3 heteroatoms. The highest BCUT2D eigenvalue weighted by Gasteiger charge is 1.96. The third kappa shape index (κ3) is 1.91. The Morgan fingerprint density at radius 2 is 1.92 bits per heavy atom. The Hall–Kier alpha value is -1.69. The van der Waals surface area contributed by atoms with Crippen LogP contribution in [0, 0.1) is 19.1 Å². The van der Waals surface area contributed by atoms with Gasteiger partial charge in [0.05, 0.1) is 11.9 Å². The third-order valence-electron chi connectivity index (χ3n) is 1.45. The molecule has 3 nitrogen and oxygen atoms in total. The number of nitrogens with zero attached hydrogens (tertiary/aromatic N) is 3. The van der Waals surface area contributed by atoms with Crippen LogP contribution in [0.2, 0.25) is 0 Å². The van der Waals surface area contributed by atoms with Crippen molar-refractivity contribution in [2.75, 3.05) is 0 Å². The van der Waals surface area contributed by atoms with Gasteiger partial charge in [0.15, 0.2) is 0 Å². The summed E-state index contributed by atoms with van der Waals surface area (Å²) in [5, 5.41) is 0. The first-order valence-electron chi connectivity index (χ1n) is 4.23. The molecule has 2 rings (SSSR count). The zero-order chi connectivity index (χ0) is 9.68. The Kier molecular flexibility index (Phi) is 3.15. The van der Waals surface area contributed by atoms with Crippen LogP contribution in [0.25, 0.3) is 11.0 Å². The van der Waals surface area contributed by atoms with Crippen molar-refractivity contribution in [1.82, 2.24) is 15.0 Å². The van der Waals surface area contributed by atoms with Crippen molar-refractivity contribution in [2.45, 2.75) is 20.8 Å². The van der Waals surface area contributed by atoms with Gasteiger partial charge in [-0.3, -0.25) is 0 Å². The van der Waals surface area contributed by atoms with Gasteiger partial charge in [0, 0.05) is 0 Å². The van der Waals surface area contributed by atoms with E-state index in [0.29, 0.717) is 0 Å².